The van der Waals surface area contributed by atoms with Crippen LogP contribution in [0.5, 0.6) is 5.75 Å². The van der Waals surface area contributed by atoms with Crippen LogP contribution in [0, 0.1) is 0 Å². The van der Waals surface area contributed by atoms with Crippen molar-refractivity contribution < 1.29 is 14.6 Å². The molecular formula is C17H22O3. The number of hydrogen-bond donors (Lipinski definition) is 1. The zero-order chi connectivity index (χ0) is 15.1. The summed E-state index contributed by atoms with van der Waals surface area (Å²) in [6.07, 6.45) is 2.71. The van der Waals surface area contributed by atoms with Crippen molar-refractivity contribution in [1.29, 1.82) is 0 Å². The van der Waals surface area contributed by atoms with E-state index in [1.807, 2.05) is 0 Å². The zero-order valence-corrected chi connectivity index (χ0v) is 12.4. The topological polar surface area (TPSA) is 46.5 Å². The number of benzene rings is 1. The Bertz CT molecular complexity index is 510. The summed E-state index contributed by atoms with van der Waals surface area (Å²) in [5, 5.41) is 9.27. The second-order valence-corrected chi connectivity index (χ2v) is 4.78. The monoisotopic (exact) mass is 274 g/mol. The number of rotatable bonds is 7. The van der Waals surface area contributed by atoms with Gasteiger partial charge in [-0.1, -0.05) is 19.9 Å². The van der Waals surface area contributed by atoms with Crippen molar-refractivity contribution in [2.24, 2.45) is 0 Å². The highest BCUT2D eigenvalue weighted by Crippen LogP contribution is 2.24. The molecule has 0 unspecified atom stereocenters. The van der Waals surface area contributed by atoms with Crippen LogP contribution in [0.25, 0.3) is 5.76 Å². The molecule has 1 aromatic rings. The predicted octanol–water partition coefficient (Wildman–Crippen LogP) is 4.43. The summed E-state index contributed by atoms with van der Waals surface area (Å²) in [6, 6.07) is 6.63. The lowest BCUT2D eigenvalue weighted by atomic mass is 10.1. The first kappa shape index (κ1) is 16.0. The first-order chi connectivity index (χ1) is 9.45. The SMILES string of the molecule is C=C(OC(CCCC)=C(C)C(C)=O)c1ccc(O)cc1. The van der Waals surface area contributed by atoms with Crippen LogP contribution in [0.1, 0.15) is 45.6 Å². The minimum absolute atomic E-state index is 0.00890. The highest BCUT2D eigenvalue weighted by atomic mass is 16.5. The highest BCUT2D eigenvalue weighted by Gasteiger charge is 2.11. The number of unbranched alkanes of at least 4 members (excludes halogenated alkanes) is 1. The van der Waals surface area contributed by atoms with E-state index in [2.05, 4.69) is 13.5 Å². The molecule has 0 aromatic heterocycles. The molecule has 0 spiro atoms. The van der Waals surface area contributed by atoms with E-state index in [1.165, 1.54) is 6.92 Å². The molecule has 0 radical (unpaired) electrons. The van der Waals surface area contributed by atoms with Crippen LogP contribution in [0.4, 0.5) is 0 Å². The van der Waals surface area contributed by atoms with E-state index in [1.54, 1.807) is 31.2 Å². The Balaban J connectivity index is 2.89. The molecule has 0 heterocycles. The summed E-state index contributed by atoms with van der Waals surface area (Å²) in [5.41, 5.74) is 1.42. The molecule has 0 bridgehead atoms. The van der Waals surface area contributed by atoms with Gasteiger partial charge in [-0.2, -0.15) is 0 Å². The smallest absolute Gasteiger partial charge is 0.158 e. The fraction of sp³-hybridized carbons (Fsp3) is 0.353. The van der Waals surface area contributed by atoms with Crippen LogP contribution < -0.4 is 0 Å². The van der Waals surface area contributed by atoms with Gasteiger partial charge < -0.3 is 9.84 Å². The number of phenolic OH excluding ortho intramolecular Hbond substituents is 1. The fourth-order valence-corrected chi connectivity index (χ4v) is 1.70. The van der Waals surface area contributed by atoms with Gasteiger partial charge in [0.15, 0.2) is 5.78 Å². The average Bonchev–Trinajstić information content (AvgIpc) is 2.43. The van der Waals surface area contributed by atoms with E-state index in [-0.39, 0.29) is 11.5 Å². The van der Waals surface area contributed by atoms with Crippen LogP contribution in [-0.2, 0) is 9.53 Å². The lowest BCUT2D eigenvalue weighted by Crippen LogP contribution is -2.02. The number of carbonyl (C=O) groups excluding carboxylic acids is 1. The van der Waals surface area contributed by atoms with Crippen molar-refractivity contribution in [2.45, 2.75) is 40.0 Å². The van der Waals surface area contributed by atoms with Crippen LogP contribution in [-0.4, -0.2) is 10.9 Å². The van der Waals surface area contributed by atoms with Crippen molar-refractivity contribution >= 4 is 11.5 Å². The minimum atomic E-state index is 0.00890. The molecule has 0 saturated carbocycles. The first-order valence-electron chi connectivity index (χ1n) is 6.82. The van der Waals surface area contributed by atoms with Gasteiger partial charge >= 0.3 is 0 Å². The number of aromatic hydroxyl groups is 1. The molecule has 1 aromatic carbocycles. The van der Waals surface area contributed by atoms with Gasteiger partial charge in [-0.05, 0) is 44.5 Å². The highest BCUT2D eigenvalue weighted by molar-refractivity contribution is 5.93. The third kappa shape index (κ3) is 4.57. The van der Waals surface area contributed by atoms with Crippen LogP contribution in [0.2, 0.25) is 0 Å². The van der Waals surface area contributed by atoms with E-state index in [0.717, 1.165) is 24.8 Å². The molecule has 20 heavy (non-hydrogen) atoms. The van der Waals surface area contributed by atoms with E-state index < -0.39 is 0 Å². The largest absolute Gasteiger partial charge is 0.508 e. The number of allylic oxidation sites excluding steroid dienone is 2. The number of hydrogen-bond acceptors (Lipinski definition) is 3. The third-order valence-electron chi connectivity index (χ3n) is 3.14. The van der Waals surface area contributed by atoms with E-state index in [4.69, 9.17) is 4.74 Å². The molecule has 0 aliphatic carbocycles. The standard InChI is InChI=1S/C17H22O3/c1-5-6-7-17(12(2)13(3)18)20-14(4)15-8-10-16(19)11-9-15/h8-11,19H,4-7H2,1-3H3. The van der Waals surface area contributed by atoms with Crippen molar-refractivity contribution in [3.8, 4) is 5.75 Å². The van der Waals surface area contributed by atoms with Gasteiger partial charge in [0.05, 0.1) is 0 Å². The predicted molar refractivity (Wildman–Crippen MR) is 81.1 cm³/mol. The lowest BCUT2D eigenvalue weighted by molar-refractivity contribution is -0.113. The summed E-state index contributed by atoms with van der Waals surface area (Å²) in [4.78, 5) is 11.5. The van der Waals surface area contributed by atoms with Gasteiger partial charge in [0.2, 0.25) is 0 Å². The van der Waals surface area contributed by atoms with Gasteiger partial charge in [0.1, 0.15) is 17.3 Å². The maximum Gasteiger partial charge on any atom is 0.158 e. The molecule has 0 aliphatic rings. The van der Waals surface area contributed by atoms with Crippen LogP contribution in [0.15, 0.2) is 42.2 Å². The van der Waals surface area contributed by atoms with Gasteiger partial charge in [-0.3, -0.25) is 4.79 Å². The molecule has 0 aliphatic heterocycles. The molecule has 0 amide bonds. The Kier molecular flexibility index (Phi) is 6.04. The Labute approximate surface area is 120 Å². The van der Waals surface area contributed by atoms with Crippen LogP contribution >= 0.6 is 0 Å². The zero-order valence-electron chi connectivity index (χ0n) is 12.4. The summed E-state index contributed by atoms with van der Waals surface area (Å²) in [7, 11) is 0. The first-order valence-corrected chi connectivity index (χ1v) is 6.82. The molecule has 1 rings (SSSR count). The summed E-state index contributed by atoms with van der Waals surface area (Å²) >= 11 is 0. The normalized spacial score (nSPS) is 11.8. The molecule has 0 fully saturated rings. The van der Waals surface area contributed by atoms with E-state index >= 15 is 0 Å². The maximum absolute atomic E-state index is 11.5. The van der Waals surface area contributed by atoms with Gasteiger partial charge in [0, 0.05) is 17.6 Å². The molecule has 3 nitrogen and oxygen atoms in total. The Morgan fingerprint density at radius 1 is 1.25 bits per heavy atom. The third-order valence-corrected chi connectivity index (χ3v) is 3.14. The van der Waals surface area contributed by atoms with Crippen molar-refractivity contribution in [2.75, 3.05) is 0 Å². The molecule has 3 heteroatoms. The number of phenols is 1. The number of ether oxygens (including phenoxy) is 1. The molecule has 0 saturated heterocycles. The average molecular weight is 274 g/mol. The molecule has 1 N–H and O–H groups in total. The molecule has 0 atom stereocenters. The van der Waals surface area contributed by atoms with E-state index in [9.17, 15) is 9.90 Å². The van der Waals surface area contributed by atoms with Crippen molar-refractivity contribution in [3.05, 3.63) is 47.7 Å². The summed E-state index contributed by atoms with van der Waals surface area (Å²) in [6.45, 7) is 9.30. The molecular weight excluding hydrogens is 252 g/mol. The fourth-order valence-electron chi connectivity index (χ4n) is 1.70. The number of Topliss-reactive ketones (excluding diaryl/α,β-unsaturated/α-hetero) is 1. The van der Waals surface area contributed by atoms with Gasteiger partial charge in [0.25, 0.3) is 0 Å². The molecule has 108 valence electrons. The Morgan fingerprint density at radius 2 is 1.85 bits per heavy atom. The Hall–Kier alpha value is -2.03. The second kappa shape index (κ2) is 7.53. The number of ketones is 1. The Morgan fingerprint density at radius 3 is 2.35 bits per heavy atom. The minimum Gasteiger partial charge on any atom is -0.508 e. The summed E-state index contributed by atoms with van der Waals surface area (Å²) < 4.78 is 5.78. The van der Waals surface area contributed by atoms with Crippen LogP contribution in [0.3, 0.4) is 0 Å². The summed E-state index contributed by atoms with van der Waals surface area (Å²) in [5.74, 6) is 1.37. The second-order valence-electron chi connectivity index (χ2n) is 4.78. The maximum atomic E-state index is 11.5. The van der Waals surface area contributed by atoms with Gasteiger partial charge in [-0.15, -0.1) is 0 Å². The van der Waals surface area contributed by atoms with Gasteiger partial charge in [-0.25, -0.2) is 0 Å². The lowest BCUT2D eigenvalue weighted by Gasteiger charge is -2.14. The van der Waals surface area contributed by atoms with Crippen molar-refractivity contribution in [1.82, 2.24) is 0 Å². The number of carbonyl (C=O) groups is 1. The van der Waals surface area contributed by atoms with E-state index in [0.29, 0.717) is 17.1 Å². The van der Waals surface area contributed by atoms with Crippen molar-refractivity contribution in [3.63, 3.8) is 0 Å². The quantitative estimate of drug-likeness (QED) is 0.591.